The predicted molar refractivity (Wildman–Crippen MR) is 72.5 cm³/mol. The molecule has 0 aliphatic carbocycles. The van der Waals surface area contributed by atoms with E-state index in [4.69, 9.17) is 17.3 Å². The zero-order valence-electron chi connectivity index (χ0n) is 9.55. The summed E-state index contributed by atoms with van der Waals surface area (Å²) in [4.78, 5) is 8.27. The van der Waals surface area contributed by atoms with Crippen molar-refractivity contribution in [3.8, 4) is 0 Å². The molecule has 2 heterocycles. The van der Waals surface area contributed by atoms with Crippen LogP contribution in [-0.2, 0) is 6.54 Å². The smallest absolute Gasteiger partial charge is 0.201 e. The van der Waals surface area contributed by atoms with Gasteiger partial charge in [0.15, 0.2) is 0 Å². The molecule has 0 spiro atoms. The van der Waals surface area contributed by atoms with Crippen molar-refractivity contribution in [3.05, 3.63) is 53.3 Å². The maximum absolute atomic E-state index is 6.16. The Morgan fingerprint density at radius 2 is 1.94 bits per heavy atom. The van der Waals surface area contributed by atoms with Crippen molar-refractivity contribution < 1.29 is 0 Å². The topological polar surface area (TPSA) is 56.7 Å². The zero-order valence-corrected chi connectivity index (χ0v) is 10.3. The Bertz CT molecular complexity index is 691. The molecule has 1 aromatic carbocycles. The second-order valence-electron chi connectivity index (χ2n) is 4.03. The number of hydrogen-bond acceptors (Lipinski definition) is 3. The van der Waals surface area contributed by atoms with E-state index in [1.807, 2.05) is 34.9 Å². The summed E-state index contributed by atoms with van der Waals surface area (Å²) in [5.41, 5.74) is 8.63. The van der Waals surface area contributed by atoms with E-state index in [9.17, 15) is 0 Å². The third-order valence-electron chi connectivity index (χ3n) is 2.82. The van der Waals surface area contributed by atoms with Crippen molar-refractivity contribution >= 4 is 28.6 Å². The molecule has 0 aliphatic rings. The molecule has 5 heteroatoms. The summed E-state index contributed by atoms with van der Waals surface area (Å²) >= 11 is 6.16. The summed E-state index contributed by atoms with van der Waals surface area (Å²) in [6.07, 6.45) is 3.27. The van der Waals surface area contributed by atoms with Crippen LogP contribution in [0.1, 0.15) is 5.56 Å². The Morgan fingerprint density at radius 3 is 2.72 bits per heavy atom. The molecule has 3 rings (SSSR count). The van der Waals surface area contributed by atoms with E-state index in [0.717, 1.165) is 16.6 Å². The monoisotopic (exact) mass is 258 g/mol. The Morgan fingerprint density at radius 1 is 1.17 bits per heavy atom. The van der Waals surface area contributed by atoms with Gasteiger partial charge in [0.25, 0.3) is 0 Å². The molecule has 0 amide bonds. The lowest BCUT2D eigenvalue weighted by atomic mass is 10.2. The molecular weight excluding hydrogens is 248 g/mol. The van der Waals surface area contributed by atoms with Gasteiger partial charge in [0.05, 0.1) is 23.3 Å². The van der Waals surface area contributed by atoms with Gasteiger partial charge in [-0.2, -0.15) is 0 Å². The number of pyridine rings is 1. The van der Waals surface area contributed by atoms with Crippen LogP contribution in [0.15, 0.2) is 42.7 Å². The Balaban J connectivity index is 2.14. The van der Waals surface area contributed by atoms with Gasteiger partial charge in [-0.3, -0.25) is 4.98 Å². The highest BCUT2D eigenvalue weighted by atomic mass is 35.5. The van der Waals surface area contributed by atoms with E-state index in [-0.39, 0.29) is 0 Å². The number of nitrogens with zero attached hydrogens (tertiary/aromatic N) is 3. The van der Waals surface area contributed by atoms with Gasteiger partial charge in [-0.25, -0.2) is 4.98 Å². The number of nitrogen functional groups attached to an aromatic ring is 1. The Hall–Kier alpha value is -2.07. The molecule has 0 unspecified atom stereocenters. The third kappa shape index (κ3) is 1.80. The first-order valence-electron chi connectivity index (χ1n) is 5.55. The van der Waals surface area contributed by atoms with E-state index in [0.29, 0.717) is 17.5 Å². The minimum Gasteiger partial charge on any atom is -0.369 e. The highest BCUT2D eigenvalue weighted by Crippen LogP contribution is 2.25. The van der Waals surface area contributed by atoms with E-state index in [1.54, 1.807) is 12.4 Å². The van der Waals surface area contributed by atoms with Crippen LogP contribution >= 0.6 is 11.6 Å². The second kappa shape index (κ2) is 4.31. The van der Waals surface area contributed by atoms with Gasteiger partial charge >= 0.3 is 0 Å². The number of nitrogens with two attached hydrogens (primary N) is 1. The van der Waals surface area contributed by atoms with Crippen molar-refractivity contribution in [1.29, 1.82) is 0 Å². The maximum Gasteiger partial charge on any atom is 0.201 e. The van der Waals surface area contributed by atoms with Crippen LogP contribution in [0.4, 0.5) is 5.95 Å². The van der Waals surface area contributed by atoms with Gasteiger partial charge in [-0.15, -0.1) is 0 Å². The van der Waals surface area contributed by atoms with Crippen LogP contribution in [0.25, 0.3) is 11.0 Å². The van der Waals surface area contributed by atoms with E-state index >= 15 is 0 Å². The zero-order chi connectivity index (χ0) is 12.5. The average Bonchev–Trinajstić information content (AvgIpc) is 2.69. The maximum atomic E-state index is 6.16. The molecule has 18 heavy (non-hydrogen) atoms. The number of rotatable bonds is 2. The van der Waals surface area contributed by atoms with Crippen LogP contribution in [0, 0.1) is 0 Å². The summed E-state index contributed by atoms with van der Waals surface area (Å²) in [6, 6.07) is 10.1. The number of benzene rings is 1. The molecule has 3 aromatic rings. The fraction of sp³-hybridized carbons (Fsp3) is 0.0769. The second-order valence-corrected chi connectivity index (χ2v) is 4.44. The van der Waals surface area contributed by atoms with Gasteiger partial charge in [-0.05, 0) is 5.56 Å². The standard InChI is InChI=1S/C13H11ClN4/c14-10-6-16-7-11-12(10)18(13(15)17-11)8-9-4-2-1-3-5-9/h1-7H,8H2,(H2,15,17). The normalized spacial score (nSPS) is 10.9. The molecule has 0 saturated heterocycles. The SMILES string of the molecule is Nc1nc2cncc(Cl)c2n1Cc1ccccc1. The van der Waals surface area contributed by atoms with Crippen LogP contribution in [-0.4, -0.2) is 14.5 Å². The number of fused-ring (bicyclic) bond motifs is 1. The fourth-order valence-corrected chi connectivity index (χ4v) is 2.25. The first-order chi connectivity index (χ1) is 8.75. The lowest BCUT2D eigenvalue weighted by Crippen LogP contribution is -2.04. The predicted octanol–water partition coefficient (Wildman–Crippen LogP) is 2.72. The molecular formula is C13H11ClN4. The Kier molecular flexibility index (Phi) is 2.64. The van der Waals surface area contributed by atoms with Crippen LogP contribution in [0.2, 0.25) is 5.02 Å². The molecule has 0 saturated carbocycles. The summed E-state index contributed by atoms with van der Waals surface area (Å²) < 4.78 is 1.90. The highest BCUT2D eigenvalue weighted by Gasteiger charge is 2.11. The molecule has 90 valence electrons. The van der Waals surface area contributed by atoms with Crippen molar-refractivity contribution in [2.45, 2.75) is 6.54 Å². The number of anilines is 1. The van der Waals surface area contributed by atoms with Gasteiger partial charge in [0.2, 0.25) is 5.95 Å². The van der Waals surface area contributed by atoms with E-state index in [1.165, 1.54) is 0 Å². The lowest BCUT2D eigenvalue weighted by Gasteiger charge is -2.07. The summed E-state index contributed by atoms with van der Waals surface area (Å²) in [6.45, 7) is 0.646. The van der Waals surface area contributed by atoms with Crippen molar-refractivity contribution in [2.75, 3.05) is 5.73 Å². The molecule has 0 aliphatic heterocycles. The van der Waals surface area contributed by atoms with E-state index in [2.05, 4.69) is 9.97 Å². The quantitative estimate of drug-likeness (QED) is 0.769. The van der Waals surface area contributed by atoms with Crippen LogP contribution in [0.5, 0.6) is 0 Å². The minimum absolute atomic E-state index is 0.448. The van der Waals surface area contributed by atoms with Gasteiger partial charge in [0.1, 0.15) is 5.52 Å². The molecule has 4 nitrogen and oxygen atoms in total. The summed E-state index contributed by atoms with van der Waals surface area (Å²) in [5.74, 6) is 0.448. The lowest BCUT2D eigenvalue weighted by molar-refractivity contribution is 0.838. The van der Waals surface area contributed by atoms with Crippen molar-refractivity contribution in [2.24, 2.45) is 0 Å². The highest BCUT2D eigenvalue weighted by molar-refractivity contribution is 6.34. The van der Waals surface area contributed by atoms with Gasteiger partial charge in [-0.1, -0.05) is 41.9 Å². The fourth-order valence-electron chi connectivity index (χ4n) is 1.99. The molecule has 2 N–H and O–H groups in total. The van der Waals surface area contributed by atoms with Gasteiger partial charge < -0.3 is 10.3 Å². The summed E-state index contributed by atoms with van der Waals surface area (Å²) in [7, 11) is 0. The molecule has 0 radical (unpaired) electrons. The van der Waals surface area contributed by atoms with Crippen LogP contribution < -0.4 is 5.73 Å². The number of hydrogen-bond donors (Lipinski definition) is 1. The molecule has 0 fully saturated rings. The number of imidazole rings is 1. The Labute approximate surface area is 109 Å². The number of halogens is 1. The minimum atomic E-state index is 0.448. The van der Waals surface area contributed by atoms with Crippen molar-refractivity contribution in [1.82, 2.24) is 14.5 Å². The van der Waals surface area contributed by atoms with Crippen molar-refractivity contribution in [3.63, 3.8) is 0 Å². The van der Waals surface area contributed by atoms with Gasteiger partial charge in [0, 0.05) is 6.20 Å². The molecule has 0 atom stereocenters. The average molecular weight is 259 g/mol. The first-order valence-corrected chi connectivity index (χ1v) is 5.92. The largest absolute Gasteiger partial charge is 0.369 e. The van der Waals surface area contributed by atoms with Crippen LogP contribution in [0.3, 0.4) is 0 Å². The third-order valence-corrected chi connectivity index (χ3v) is 3.10. The number of aromatic nitrogens is 3. The van der Waals surface area contributed by atoms with E-state index < -0.39 is 0 Å². The first kappa shape index (κ1) is 11.0. The molecule has 0 bridgehead atoms. The summed E-state index contributed by atoms with van der Waals surface area (Å²) in [5, 5.41) is 0.563. The molecule has 2 aromatic heterocycles.